The third-order valence-electron chi connectivity index (χ3n) is 3.15. The number of hydrogen-bond donors (Lipinski definition) is 0. The highest BCUT2D eigenvalue weighted by atomic mass is 35.5. The van der Waals surface area contributed by atoms with Crippen LogP contribution in [0.3, 0.4) is 0 Å². The Hall–Kier alpha value is -1.71. The number of hydrogen-bond acceptors (Lipinski definition) is 3. The molecule has 0 radical (unpaired) electrons. The zero-order valence-electron chi connectivity index (χ0n) is 11.9. The summed E-state index contributed by atoms with van der Waals surface area (Å²) in [4.78, 5) is 12.6. The van der Waals surface area contributed by atoms with Gasteiger partial charge in [-0.2, -0.15) is 0 Å². The molecule has 110 valence electrons. The molecule has 0 aliphatic rings. The van der Waals surface area contributed by atoms with Crippen LogP contribution in [-0.4, -0.2) is 20.0 Å². The summed E-state index contributed by atoms with van der Waals surface area (Å²) in [6, 6.07) is 8.27. The maximum absolute atomic E-state index is 12.6. The zero-order valence-corrected chi connectivity index (χ0v) is 13.4. The number of carbonyl (C=O) groups is 1. The smallest absolute Gasteiger partial charge is 0.194 e. The lowest BCUT2D eigenvalue weighted by Gasteiger charge is -2.11. The van der Waals surface area contributed by atoms with Gasteiger partial charge in [-0.3, -0.25) is 4.79 Å². The molecule has 0 fully saturated rings. The maximum Gasteiger partial charge on any atom is 0.194 e. The SMILES string of the molecule is COc1cc(Cl)c(C(=O)c2ccc(C)c(Cl)c2)cc1OC. The summed E-state index contributed by atoms with van der Waals surface area (Å²) in [5, 5.41) is 0.840. The molecule has 0 bridgehead atoms. The standard InChI is InChI=1S/C16H14Cl2O3/c1-9-4-5-10(6-12(9)17)16(19)11-7-14(20-2)15(21-3)8-13(11)18/h4-8H,1-3H3. The summed E-state index contributed by atoms with van der Waals surface area (Å²) in [7, 11) is 3.01. The number of aryl methyl sites for hydroxylation is 1. The predicted octanol–water partition coefficient (Wildman–Crippen LogP) is 4.55. The molecule has 2 aromatic rings. The van der Waals surface area contributed by atoms with Crippen molar-refractivity contribution in [1.82, 2.24) is 0 Å². The first-order chi connectivity index (χ1) is 9.97. The van der Waals surface area contributed by atoms with Crippen LogP contribution in [0.25, 0.3) is 0 Å². The summed E-state index contributed by atoms with van der Waals surface area (Å²) in [5.74, 6) is 0.701. The van der Waals surface area contributed by atoms with Gasteiger partial charge in [0.25, 0.3) is 0 Å². The fourth-order valence-corrected chi connectivity index (χ4v) is 2.34. The minimum atomic E-state index is -0.220. The molecule has 2 rings (SSSR count). The fourth-order valence-electron chi connectivity index (χ4n) is 1.92. The number of benzene rings is 2. The predicted molar refractivity (Wildman–Crippen MR) is 84.2 cm³/mol. The van der Waals surface area contributed by atoms with Gasteiger partial charge in [-0.1, -0.05) is 35.3 Å². The summed E-state index contributed by atoms with van der Waals surface area (Å²) in [5.41, 5.74) is 1.72. The summed E-state index contributed by atoms with van der Waals surface area (Å²) in [6.07, 6.45) is 0. The molecule has 2 aromatic carbocycles. The lowest BCUT2D eigenvalue weighted by molar-refractivity contribution is 0.103. The Morgan fingerprint density at radius 1 is 0.952 bits per heavy atom. The van der Waals surface area contributed by atoms with Crippen molar-refractivity contribution >= 4 is 29.0 Å². The van der Waals surface area contributed by atoms with Crippen LogP contribution >= 0.6 is 23.2 Å². The van der Waals surface area contributed by atoms with Crippen LogP contribution in [0.2, 0.25) is 10.0 Å². The summed E-state index contributed by atoms with van der Waals surface area (Å²) in [6.45, 7) is 1.87. The van der Waals surface area contributed by atoms with Gasteiger partial charge in [-0.15, -0.1) is 0 Å². The molecule has 0 aromatic heterocycles. The molecule has 0 atom stereocenters. The van der Waals surface area contributed by atoms with Crippen molar-refractivity contribution in [3.8, 4) is 11.5 Å². The Kier molecular flexibility index (Phi) is 4.76. The second-order valence-electron chi connectivity index (χ2n) is 4.48. The molecule has 0 aliphatic heterocycles. The lowest BCUT2D eigenvalue weighted by Crippen LogP contribution is -2.04. The molecule has 0 N–H and O–H groups in total. The Morgan fingerprint density at radius 2 is 1.57 bits per heavy atom. The van der Waals surface area contributed by atoms with Crippen LogP contribution in [-0.2, 0) is 0 Å². The van der Waals surface area contributed by atoms with E-state index in [0.29, 0.717) is 32.7 Å². The minimum absolute atomic E-state index is 0.220. The Labute approximate surface area is 133 Å². The van der Waals surface area contributed by atoms with Gasteiger partial charge in [0.1, 0.15) is 0 Å². The van der Waals surface area contributed by atoms with Crippen molar-refractivity contribution < 1.29 is 14.3 Å². The van der Waals surface area contributed by atoms with Gasteiger partial charge < -0.3 is 9.47 Å². The number of methoxy groups -OCH3 is 2. The maximum atomic E-state index is 12.6. The van der Waals surface area contributed by atoms with Crippen LogP contribution in [0.15, 0.2) is 30.3 Å². The van der Waals surface area contributed by atoms with E-state index in [-0.39, 0.29) is 5.78 Å². The molecule has 0 amide bonds. The highest BCUT2D eigenvalue weighted by Gasteiger charge is 2.17. The Balaban J connectivity index is 2.50. The normalized spacial score (nSPS) is 10.3. The quantitative estimate of drug-likeness (QED) is 0.774. The number of ether oxygens (including phenoxy) is 2. The Bertz CT molecular complexity index is 696. The zero-order chi connectivity index (χ0) is 15.6. The number of carbonyl (C=O) groups excluding carboxylic acids is 1. The van der Waals surface area contributed by atoms with Crippen molar-refractivity contribution in [2.24, 2.45) is 0 Å². The highest BCUT2D eigenvalue weighted by molar-refractivity contribution is 6.35. The lowest BCUT2D eigenvalue weighted by atomic mass is 10.0. The van der Waals surface area contributed by atoms with Gasteiger partial charge in [-0.25, -0.2) is 0 Å². The van der Waals surface area contributed by atoms with Gasteiger partial charge in [-0.05, 0) is 24.6 Å². The average molecular weight is 325 g/mol. The number of halogens is 2. The van der Waals surface area contributed by atoms with Crippen LogP contribution in [0.1, 0.15) is 21.5 Å². The second-order valence-corrected chi connectivity index (χ2v) is 5.29. The van der Waals surface area contributed by atoms with Crippen molar-refractivity contribution in [2.45, 2.75) is 6.92 Å². The first kappa shape index (κ1) is 15.7. The summed E-state index contributed by atoms with van der Waals surface area (Å²) < 4.78 is 10.3. The monoisotopic (exact) mass is 324 g/mol. The van der Waals surface area contributed by atoms with Gasteiger partial charge in [0, 0.05) is 22.2 Å². The largest absolute Gasteiger partial charge is 0.493 e. The van der Waals surface area contributed by atoms with Gasteiger partial charge in [0.05, 0.1) is 19.2 Å². The molecule has 0 unspecified atom stereocenters. The first-order valence-electron chi connectivity index (χ1n) is 6.20. The fraction of sp³-hybridized carbons (Fsp3) is 0.188. The molecule has 3 nitrogen and oxygen atoms in total. The van der Waals surface area contributed by atoms with E-state index in [1.807, 2.05) is 6.92 Å². The summed E-state index contributed by atoms with van der Waals surface area (Å²) >= 11 is 12.2. The molecular formula is C16H14Cl2O3. The van der Waals surface area contributed by atoms with Crippen LogP contribution in [0, 0.1) is 6.92 Å². The van der Waals surface area contributed by atoms with E-state index < -0.39 is 0 Å². The third-order valence-corrected chi connectivity index (χ3v) is 3.87. The van der Waals surface area contributed by atoms with Crippen molar-refractivity contribution in [2.75, 3.05) is 14.2 Å². The second kappa shape index (κ2) is 6.37. The molecule has 0 spiro atoms. The van der Waals surface area contributed by atoms with Gasteiger partial charge in [0.15, 0.2) is 17.3 Å². The van der Waals surface area contributed by atoms with Crippen LogP contribution in [0.4, 0.5) is 0 Å². The van der Waals surface area contributed by atoms with Crippen molar-refractivity contribution in [3.63, 3.8) is 0 Å². The molecule has 0 saturated heterocycles. The number of rotatable bonds is 4. The average Bonchev–Trinajstić information content (AvgIpc) is 2.49. The van der Waals surface area contributed by atoms with Crippen LogP contribution in [0.5, 0.6) is 11.5 Å². The van der Waals surface area contributed by atoms with E-state index in [0.717, 1.165) is 5.56 Å². The third kappa shape index (κ3) is 3.14. The van der Waals surface area contributed by atoms with E-state index >= 15 is 0 Å². The number of ketones is 1. The highest BCUT2D eigenvalue weighted by Crippen LogP contribution is 2.34. The van der Waals surface area contributed by atoms with Crippen molar-refractivity contribution in [1.29, 1.82) is 0 Å². The topological polar surface area (TPSA) is 35.5 Å². The molecule has 0 aliphatic carbocycles. The van der Waals surface area contributed by atoms with E-state index in [1.54, 1.807) is 30.3 Å². The first-order valence-corrected chi connectivity index (χ1v) is 6.96. The minimum Gasteiger partial charge on any atom is -0.493 e. The van der Waals surface area contributed by atoms with Crippen LogP contribution < -0.4 is 9.47 Å². The van der Waals surface area contributed by atoms with E-state index in [1.165, 1.54) is 14.2 Å². The van der Waals surface area contributed by atoms with E-state index in [4.69, 9.17) is 32.7 Å². The van der Waals surface area contributed by atoms with Gasteiger partial charge in [0.2, 0.25) is 0 Å². The van der Waals surface area contributed by atoms with Gasteiger partial charge >= 0.3 is 0 Å². The molecular weight excluding hydrogens is 311 g/mol. The molecule has 0 heterocycles. The van der Waals surface area contributed by atoms with E-state index in [9.17, 15) is 4.79 Å². The molecule has 21 heavy (non-hydrogen) atoms. The Morgan fingerprint density at radius 3 is 2.14 bits per heavy atom. The molecule has 0 saturated carbocycles. The van der Waals surface area contributed by atoms with Crippen molar-refractivity contribution in [3.05, 3.63) is 57.1 Å². The van der Waals surface area contributed by atoms with E-state index in [2.05, 4.69) is 0 Å². The molecule has 5 heteroatoms.